The van der Waals surface area contributed by atoms with Crippen molar-refractivity contribution in [3.05, 3.63) is 94.0 Å². The minimum absolute atomic E-state index is 0.0126. The number of fused-ring (bicyclic) bond motifs is 2. The molecule has 0 radical (unpaired) electrons. The van der Waals surface area contributed by atoms with Gasteiger partial charge in [0.15, 0.2) is 0 Å². The number of rotatable bonds is 2. The molecule has 2 heterocycles. The standard InChI is InChI=1S/C25H22N2O3/c1-24(2)20-16-19(17-8-5-4-6-9-17)12-13-21(20)26(3)25(24)15-14-18-10-7-11-22(27(28)29)23(18)30-25/h4-16H,1-3H3. The van der Waals surface area contributed by atoms with E-state index in [0.29, 0.717) is 5.75 Å². The van der Waals surface area contributed by atoms with Gasteiger partial charge in [-0.1, -0.05) is 48.5 Å². The second-order valence-electron chi connectivity index (χ2n) is 8.37. The number of nitro groups is 1. The Hall–Kier alpha value is -3.60. The van der Waals surface area contributed by atoms with Gasteiger partial charge in [-0.25, -0.2) is 0 Å². The van der Waals surface area contributed by atoms with E-state index in [1.165, 1.54) is 6.07 Å². The molecule has 1 spiro atoms. The third-order valence-electron chi connectivity index (χ3n) is 6.50. The lowest BCUT2D eigenvalue weighted by molar-refractivity contribution is -0.386. The van der Waals surface area contributed by atoms with Crippen LogP contribution in [-0.2, 0) is 5.41 Å². The van der Waals surface area contributed by atoms with Crippen LogP contribution < -0.4 is 9.64 Å². The summed E-state index contributed by atoms with van der Waals surface area (Å²) >= 11 is 0. The number of benzene rings is 3. The van der Waals surface area contributed by atoms with Crippen LogP contribution in [0.1, 0.15) is 25.0 Å². The molecule has 5 heteroatoms. The van der Waals surface area contributed by atoms with E-state index < -0.39 is 11.1 Å². The number of nitrogens with zero attached hydrogens (tertiary/aromatic N) is 2. The highest BCUT2D eigenvalue weighted by Gasteiger charge is 2.58. The molecule has 0 bridgehead atoms. The van der Waals surface area contributed by atoms with Crippen LogP contribution in [0.15, 0.2) is 72.8 Å². The Balaban J connectivity index is 1.66. The minimum atomic E-state index is -0.857. The number of anilines is 1. The smallest absolute Gasteiger partial charge is 0.311 e. The average Bonchev–Trinajstić information content (AvgIpc) is 2.92. The van der Waals surface area contributed by atoms with Crippen LogP contribution in [0.4, 0.5) is 11.4 Å². The third kappa shape index (κ3) is 2.35. The van der Waals surface area contributed by atoms with E-state index in [-0.39, 0.29) is 10.6 Å². The quantitative estimate of drug-likeness (QED) is 0.405. The number of nitro benzene ring substituents is 1. The SMILES string of the molecule is CN1c2ccc(-c3ccccc3)cc2C(C)(C)C12C=Cc1cccc([N+](=O)[O-])c1O2. The third-order valence-corrected chi connectivity index (χ3v) is 6.50. The summed E-state index contributed by atoms with van der Waals surface area (Å²) in [5.41, 5.74) is 3.91. The van der Waals surface area contributed by atoms with Crippen molar-refractivity contribution in [3.63, 3.8) is 0 Å². The van der Waals surface area contributed by atoms with Gasteiger partial charge in [0.2, 0.25) is 11.5 Å². The fourth-order valence-electron chi connectivity index (χ4n) is 4.77. The van der Waals surface area contributed by atoms with Gasteiger partial charge in [-0.15, -0.1) is 0 Å². The van der Waals surface area contributed by atoms with Gasteiger partial charge in [0.25, 0.3) is 0 Å². The normalized spacial score (nSPS) is 20.6. The van der Waals surface area contributed by atoms with E-state index >= 15 is 0 Å². The van der Waals surface area contributed by atoms with Gasteiger partial charge in [0.05, 0.1) is 10.3 Å². The first kappa shape index (κ1) is 18.4. The number of hydrogen-bond acceptors (Lipinski definition) is 4. The van der Waals surface area contributed by atoms with Gasteiger partial charge in [0.1, 0.15) is 0 Å². The summed E-state index contributed by atoms with van der Waals surface area (Å²) < 4.78 is 6.53. The zero-order valence-corrected chi connectivity index (χ0v) is 17.1. The van der Waals surface area contributed by atoms with Crippen molar-refractivity contribution in [2.45, 2.75) is 25.0 Å². The zero-order chi connectivity index (χ0) is 21.1. The number of ether oxygens (including phenoxy) is 1. The average molecular weight is 398 g/mol. The molecule has 1 atom stereocenters. The summed E-state index contributed by atoms with van der Waals surface area (Å²) in [7, 11) is 1.99. The van der Waals surface area contributed by atoms with E-state index in [1.807, 2.05) is 43.5 Å². The Bertz CT molecular complexity index is 1200. The molecule has 0 saturated heterocycles. The Kier molecular flexibility index (Phi) is 3.81. The molecule has 0 aliphatic carbocycles. The molecule has 0 aromatic heterocycles. The lowest BCUT2D eigenvalue weighted by Gasteiger charge is -2.45. The molecule has 2 aliphatic rings. The van der Waals surface area contributed by atoms with Crippen LogP contribution in [0.2, 0.25) is 0 Å². The van der Waals surface area contributed by atoms with Crippen LogP contribution >= 0.6 is 0 Å². The Morgan fingerprint density at radius 1 is 0.967 bits per heavy atom. The zero-order valence-electron chi connectivity index (χ0n) is 17.1. The van der Waals surface area contributed by atoms with Crippen molar-refractivity contribution in [1.29, 1.82) is 0 Å². The van der Waals surface area contributed by atoms with E-state index in [2.05, 4.69) is 49.1 Å². The molecule has 0 saturated carbocycles. The predicted molar refractivity (Wildman–Crippen MR) is 119 cm³/mol. The van der Waals surface area contributed by atoms with Crippen LogP contribution in [-0.4, -0.2) is 17.7 Å². The summed E-state index contributed by atoms with van der Waals surface area (Å²) in [6.07, 6.45) is 3.97. The molecule has 3 aromatic rings. The molecule has 150 valence electrons. The van der Waals surface area contributed by atoms with E-state index in [1.54, 1.807) is 6.07 Å². The molecule has 5 nitrogen and oxygen atoms in total. The van der Waals surface area contributed by atoms with Crippen molar-refractivity contribution in [3.8, 4) is 16.9 Å². The molecule has 0 N–H and O–H groups in total. The van der Waals surface area contributed by atoms with Crippen molar-refractivity contribution in [1.82, 2.24) is 0 Å². The summed E-state index contributed by atoms with van der Waals surface area (Å²) in [5.74, 6) is 0.320. The molecule has 5 rings (SSSR count). The van der Waals surface area contributed by atoms with Gasteiger partial charge >= 0.3 is 5.69 Å². The molecule has 0 amide bonds. The fraction of sp³-hybridized carbons (Fsp3) is 0.200. The van der Waals surface area contributed by atoms with E-state index in [4.69, 9.17) is 4.74 Å². The van der Waals surface area contributed by atoms with Gasteiger partial charge in [0, 0.05) is 24.4 Å². The summed E-state index contributed by atoms with van der Waals surface area (Å²) in [6.45, 7) is 4.27. The van der Waals surface area contributed by atoms with Crippen LogP contribution in [0.5, 0.6) is 5.75 Å². The second kappa shape index (κ2) is 6.20. The topological polar surface area (TPSA) is 55.6 Å². The fourth-order valence-corrected chi connectivity index (χ4v) is 4.77. The van der Waals surface area contributed by atoms with Gasteiger partial charge < -0.3 is 9.64 Å². The predicted octanol–water partition coefficient (Wildman–Crippen LogP) is 5.79. The van der Waals surface area contributed by atoms with Crippen molar-refractivity contribution in [2.75, 3.05) is 11.9 Å². The maximum absolute atomic E-state index is 11.6. The van der Waals surface area contributed by atoms with Gasteiger partial charge in [-0.2, -0.15) is 0 Å². The van der Waals surface area contributed by atoms with Crippen molar-refractivity contribution < 1.29 is 9.66 Å². The van der Waals surface area contributed by atoms with Crippen molar-refractivity contribution >= 4 is 17.5 Å². The Labute approximate surface area is 175 Å². The lowest BCUT2D eigenvalue weighted by atomic mass is 9.76. The first-order valence-corrected chi connectivity index (χ1v) is 9.94. The molecule has 2 aliphatic heterocycles. The van der Waals surface area contributed by atoms with Crippen molar-refractivity contribution in [2.24, 2.45) is 0 Å². The number of hydrogen-bond donors (Lipinski definition) is 0. The van der Waals surface area contributed by atoms with Gasteiger partial charge in [-0.3, -0.25) is 10.1 Å². The lowest BCUT2D eigenvalue weighted by Crippen LogP contribution is -2.58. The van der Waals surface area contributed by atoms with Gasteiger partial charge in [-0.05, 0) is 54.8 Å². The number of likely N-dealkylation sites (N-methyl/N-ethyl adjacent to an activating group) is 1. The minimum Gasteiger partial charge on any atom is -0.456 e. The van der Waals surface area contributed by atoms with Crippen LogP contribution in [0, 0.1) is 10.1 Å². The molecule has 3 aromatic carbocycles. The highest BCUT2D eigenvalue weighted by Crippen LogP contribution is 2.55. The monoisotopic (exact) mass is 398 g/mol. The van der Waals surface area contributed by atoms with E-state index in [0.717, 1.165) is 27.9 Å². The largest absolute Gasteiger partial charge is 0.456 e. The highest BCUT2D eigenvalue weighted by atomic mass is 16.6. The van der Waals surface area contributed by atoms with Crippen LogP contribution in [0.25, 0.3) is 17.2 Å². The maximum Gasteiger partial charge on any atom is 0.311 e. The molecular weight excluding hydrogens is 376 g/mol. The first-order chi connectivity index (χ1) is 14.3. The van der Waals surface area contributed by atoms with E-state index in [9.17, 15) is 10.1 Å². The molecule has 0 fully saturated rings. The second-order valence-corrected chi connectivity index (χ2v) is 8.37. The maximum atomic E-state index is 11.6. The summed E-state index contributed by atoms with van der Waals surface area (Å²) in [4.78, 5) is 13.3. The Morgan fingerprint density at radius 3 is 2.47 bits per heavy atom. The Morgan fingerprint density at radius 2 is 1.73 bits per heavy atom. The molecule has 30 heavy (non-hydrogen) atoms. The van der Waals surface area contributed by atoms with Crippen LogP contribution in [0.3, 0.4) is 0 Å². The molecular formula is C25H22N2O3. The highest BCUT2D eigenvalue weighted by molar-refractivity contribution is 5.77. The first-order valence-electron chi connectivity index (χ1n) is 9.94. The molecule has 1 unspecified atom stereocenters. The summed E-state index contributed by atoms with van der Waals surface area (Å²) in [6, 6.07) is 21.7. The number of para-hydroxylation sites is 1. The summed E-state index contributed by atoms with van der Waals surface area (Å²) in [5, 5.41) is 11.6.